The molecule has 1 unspecified atom stereocenters. The number of morpholine rings is 1. The molecule has 0 spiro atoms. The second-order valence-electron chi connectivity index (χ2n) is 10.0. The monoisotopic (exact) mass is 638 g/mol. The molecule has 0 saturated carbocycles. The maximum absolute atomic E-state index is 14.3. The zero-order chi connectivity index (χ0) is 30.8. The van der Waals surface area contributed by atoms with Gasteiger partial charge in [-0.05, 0) is 60.5 Å². The highest BCUT2D eigenvalue weighted by molar-refractivity contribution is 7.92. The highest BCUT2D eigenvalue weighted by atomic mass is 35.5. The molecule has 0 radical (unpaired) electrons. The van der Waals surface area contributed by atoms with Crippen LogP contribution in [0, 0.1) is 5.82 Å². The van der Waals surface area contributed by atoms with Crippen molar-refractivity contribution in [2.75, 3.05) is 37.2 Å². The number of benzene rings is 3. The molecule has 2 heterocycles. The highest BCUT2D eigenvalue weighted by Crippen LogP contribution is 2.40. The summed E-state index contributed by atoms with van der Waals surface area (Å²) >= 11 is 6.11. The quantitative estimate of drug-likeness (QED) is 0.226. The second-order valence-corrected chi connectivity index (χ2v) is 12.3. The summed E-state index contributed by atoms with van der Waals surface area (Å²) < 4.78 is 94.7. The molecule has 0 N–H and O–H groups in total. The van der Waals surface area contributed by atoms with Crippen LogP contribution in [0.25, 0.3) is 12.2 Å². The van der Waals surface area contributed by atoms with Crippen LogP contribution in [0.2, 0.25) is 5.02 Å². The van der Waals surface area contributed by atoms with Crippen molar-refractivity contribution in [3.63, 3.8) is 0 Å². The Morgan fingerprint density at radius 2 is 1.77 bits per heavy atom. The Morgan fingerprint density at radius 3 is 2.49 bits per heavy atom. The Kier molecular flexibility index (Phi) is 9.00. The maximum Gasteiger partial charge on any atom is 0.416 e. The fraction of sp³-hybridized carbons (Fsp3) is 0.300. The van der Waals surface area contributed by atoms with Crippen molar-refractivity contribution in [2.24, 2.45) is 0 Å². The van der Waals surface area contributed by atoms with Gasteiger partial charge in [-0.25, -0.2) is 12.8 Å². The molecular weight excluding hydrogens is 612 g/mol. The summed E-state index contributed by atoms with van der Waals surface area (Å²) in [6.07, 6.45) is -2.26. The average molecular weight is 639 g/mol. The number of amides is 1. The van der Waals surface area contributed by atoms with E-state index in [4.69, 9.17) is 21.1 Å². The molecule has 2 aliphatic rings. The van der Waals surface area contributed by atoms with E-state index in [1.165, 1.54) is 42.5 Å². The van der Waals surface area contributed by atoms with Gasteiger partial charge in [-0.2, -0.15) is 13.2 Å². The number of carbonyl (C=O) groups is 1. The number of sulfonamides is 1. The van der Waals surface area contributed by atoms with Crippen molar-refractivity contribution in [1.82, 2.24) is 4.90 Å². The first kappa shape index (κ1) is 30.8. The van der Waals surface area contributed by atoms with Crippen molar-refractivity contribution in [2.45, 2.75) is 30.0 Å². The third kappa shape index (κ3) is 6.97. The first-order chi connectivity index (χ1) is 20.4. The molecule has 3 aromatic rings. The topological polar surface area (TPSA) is 76.2 Å². The molecule has 3 aromatic carbocycles. The van der Waals surface area contributed by atoms with E-state index in [0.717, 1.165) is 22.5 Å². The molecule has 7 nitrogen and oxygen atoms in total. The largest absolute Gasteiger partial charge is 0.486 e. The number of hydrogen-bond donors (Lipinski definition) is 0. The maximum atomic E-state index is 14.3. The minimum atomic E-state index is -4.75. The normalized spacial score (nSPS) is 17.6. The number of carbonyl (C=O) groups excluding carboxylic acids is 1. The number of nitrogens with zero attached hydrogens (tertiary/aromatic N) is 2. The van der Waals surface area contributed by atoms with Gasteiger partial charge in [-0.1, -0.05) is 35.9 Å². The van der Waals surface area contributed by atoms with E-state index in [1.54, 1.807) is 11.0 Å². The van der Waals surface area contributed by atoms with Gasteiger partial charge in [0.1, 0.15) is 17.7 Å². The lowest BCUT2D eigenvalue weighted by Crippen LogP contribution is -2.45. The molecule has 5 rings (SSSR count). The lowest BCUT2D eigenvalue weighted by Gasteiger charge is -2.36. The van der Waals surface area contributed by atoms with Crippen molar-refractivity contribution in [3.8, 4) is 5.75 Å². The number of anilines is 1. The lowest BCUT2D eigenvalue weighted by molar-refractivity contribution is -0.138. The standard InChI is InChI=1S/C30H27ClF4N2O5S/c31-25-5-2-6-26(32)24(25)10-7-20-8-11-28-27(17-20)37(43(39,40)23-4-1-3-21(18-23)30(33,34)35)19-22(42-28)9-12-29(38)36-13-15-41-16-14-36/h1-8,10-11,17-18,22H,9,12-16,19H2. The van der Waals surface area contributed by atoms with Crippen LogP contribution >= 0.6 is 11.6 Å². The van der Waals surface area contributed by atoms with Crippen LogP contribution < -0.4 is 9.04 Å². The number of halogens is 5. The third-order valence-electron chi connectivity index (χ3n) is 7.15. The number of ether oxygens (including phenoxy) is 2. The average Bonchev–Trinajstić information content (AvgIpc) is 2.99. The fourth-order valence-electron chi connectivity index (χ4n) is 4.88. The van der Waals surface area contributed by atoms with Crippen molar-refractivity contribution in [1.29, 1.82) is 0 Å². The van der Waals surface area contributed by atoms with Crippen LogP contribution in [-0.2, 0) is 25.7 Å². The molecule has 0 aromatic heterocycles. The van der Waals surface area contributed by atoms with Crippen molar-refractivity contribution in [3.05, 3.63) is 88.2 Å². The van der Waals surface area contributed by atoms with Gasteiger partial charge < -0.3 is 14.4 Å². The predicted molar refractivity (Wildman–Crippen MR) is 154 cm³/mol. The Balaban J connectivity index is 1.48. The fourth-order valence-corrected chi connectivity index (χ4v) is 6.65. The van der Waals surface area contributed by atoms with Crippen LogP contribution in [0.3, 0.4) is 0 Å². The van der Waals surface area contributed by atoms with Crippen LogP contribution in [0.15, 0.2) is 65.6 Å². The van der Waals surface area contributed by atoms with E-state index >= 15 is 0 Å². The van der Waals surface area contributed by atoms with E-state index < -0.39 is 38.6 Å². The van der Waals surface area contributed by atoms with E-state index in [-0.39, 0.29) is 47.3 Å². The molecule has 1 saturated heterocycles. The van der Waals surface area contributed by atoms with Crippen LogP contribution in [0.4, 0.5) is 23.2 Å². The summed E-state index contributed by atoms with van der Waals surface area (Å²) in [6.45, 7) is 1.54. The van der Waals surface area contributed by atoms with Gasteiger partial charge >= 0.3 is 6.18 Å². The van der Waals surface area contributed by atoms with Gasteiger partial charge in [-0.3, -0.25) is 9.10 Å². The van der Waals surface area contributed by atoms with E-state index in [9.17, 15) is 30.8 Å². The minimum absolute atomic E-state index is 0.0850. The smallest absolute Gasteiger partial charge is 0.416 e. The van der Waals surface area contributed by atoms with Crippen molar-refractivity contribution < 1.29 is 40.2 Å². The minimum Gasteiger partial charge on any atom is -0.486 e. The number of rotatable bonds is 7. The Morgan fingerprint density at radius 1 is 1.02 bits per heavy atom. The third-order valence-corrected chi connectivity index (χ3v) is 9.26. The molecule has 0 bridgehead atoms. The zero-order valence-electron chi connectivity index (χ0n) is 22.7. The molecule has 228 valence electrons. The summed E-state index contributed by atoms with van der Waals surface area (Å²) in [7, 11) is -4.51. The summed E-state index contributed by atoms with van der Waals surface area (Å²) in [5.41, 5.74) is -0.411. The molecule has 43 heavy (non-hydrogen) atoms. The number of alkyl halides is 3. The molecule has 2 aliphatic heterocycles. The Bertz CT molecular complexity index is 1620. The van der Waals surface area contributed by atoms with Crippen molar-refractivity contribution >= 4 is 45.4 Å². The molecule has 1 amide bonds. The van der Waals surface area contributed by atoms with Gasteiger partial charge in [0.15, 0.2) is 0 Å². The summed E-state index contributed by atoms with van der Waals surface area (Å²) in [5.74, 6) is -0.503. The first-order valence-corrected chi connectivity index (χ1v) is 15.2. The first-order valence-electron chi connectivity index (χ1n) is 13.4. The second kappa shape index (κ2) is 12.6. The molecule has 0 aliphatic carbocycles. The SMILES string of the molecule is O=C(CCC1CN(S(=O)(=O)c2cccc(C(F)(F)F)c2)c2cc(C=Cc3c(F)cccc3Cl)ccc2O1)N1CCOCC1. The predicted octanol–water partition coefficient (Wildman–Crippen LogP) is 6.26. The summed E-state index contributed by atoms with van der Waals surface area (Å²) in [4.78, 5) is 13.9. The summed E-state index contributed by atoms with van der Waals surface area (Å²) in [5, 5.41) is 0.181. The van der Waals surface area contributed by atoms with Gasteiger partial charge in [0.2, 0.25) is 5.91 Å². The van der Waals surface area contributed by atoms with Crippen LogP contribution in [-0.4, -0.2) is 58.2 Å². The van der Waals surface area contributed by atoms with Gasteiger partial charge in [-0.15, -0.1) is 0 Å². The molecular formula is C30H27ClF4N2O5S. The molecule has 13 heteroatoms. The van der Waals surface area contributed by atoms with Gasteiger partial charge in [0.05, 0.1) is 40.9 Å². The van der Waals surface area contributed by atoms with E-state index in [0.29, 0.717) is 37.9 Å². The van der Waals surface area contributed by atoms with Crippen LogP contribution in [0.5, 0.6) is 5.75 Å². The number of hydrogen-bond acceptors (Lipinski definition) is 5. The Hall–Kier alpha value is -3.61. The molecule has 1 fully saturated rings. The van der Waals surface area contributed by atoms with E-state index in [2.05, 4.69) is 0 Å². The zero-order valence-corrected chi connectivity index (χ0v) is 24.3. The highest BCUT2D eigenvalue weighted by Gasteiger charge is 2.37. The lowest BCUT2D eigenvalue weighted by atomic mass is 10.1. The Labute approximate surface area is 251 Å². The van der Waals surface area contributed by atoms with E-state index in [1.807, 2.05) is 0 Å². The van der Waals surface area contributed by atoms with Gasteiger partial charge in [0.25, 0.3) is 10.0 Å². The number of fused-ring (bicyclic) bond motifs is 1. The molecule has 1 atom stereocenters. The van der Waals surface area contributed by atoms with Crippen LogP contribution in [0.1, 0.15) is 29.5 Å². The summed E-state index contributed by atoms with van der Waals surface area (Å²) in [6, 6.07) is 12.4. The van der Waals surface area contributed by atoms with Gasteiger partial charge in [0, 0.05) is 25.1 Å².